The van der Waals surface area contributed by atoms with Crippen molar-refractivity contribution in [2.45, 2.75) is 13.0 Å². The first-order valence-electron chi connectivity index (χ1n) is 7.14. The number of amides is 3. The Balaban J connectivity index is 2.25. The molecule has 2 rings (SSSR count). The number of carbonyl (C=O) groups excluding carboxylic acids is 3. The summed E-state index contributed by atoms with van der Waals surface area (Å²) < 4.78 is 0. The summed E-state index contributed by atoms with van der Waals surface area (Å²) in [5, 5.41) is 14.3. The van der Waals surface area contributed by atoms with Gasteiger partial charge in [-0.25, -0.2) is 0 Å². The summed E-state index contributed by atoms with van der Waals surface area (Å²) in [4.78, 5) is 37.1. The van der Waals surface area contributed by atoms with Gasteiger partial charge in [0.15, 0.2) is 0 Å². The van der Waals surface area contributed by atoms with Crippen LogP contribution in [0.3, 0.4) is 0 Å². The molecule has 3 amide bonds. The zero-order chi connectivity index (χ0) is 16.1. The van der Waals surface area contributed by atoms with Gasteiger partial charge in [0.2, 0.25) is 11.8 Å². The fourth-order valence-electron chi connectivity index (χ4n) is 2.42. The van der Waals surface area contributed by atoms with Gasteiger partial charge in [-0.05, 0) is 24.6 Å². The summed E-state index contributed by atoms with van der Waals surface area (Å²) in [5.74, 6) is -0.726. The molecule has 1 unspecified atom stereocenters. The lowest BCUT2D eigenvalue weighted by atomic mass is 10.0. The third-order valence-electron chi connectivity index (χ3n) is 3.46. The predicted molar refractivity (Wildman–Crippen MR) is 79.0 cm³/mol. The molecule has 1 atom stereocenters. The summed E-state index contributed by atoms with van der Waals surface area (Å²) in [7, 11) is 0. The van der Waals surface area contributed by atoms with Crippen molar-refractivity contribution < 1.29 is 19.5 Å². The first-order valence-corrected chi connectivity index (χ1v) is 7.14. The third-order valence-corrected chi connectivity index (χ3v) is 3.46. The third kappa shape index (κ3) is 3.25. The number of hydrogen-bond donors (Lipinski definition) is 3. The van der Waals surface area contributed by atoms with Gasteiger partial charge in [-0.15, -0.1) is 0 Å². The van der Waals surface area contributed by atoms with Crippen LogP contribution in [-0.4, -0.2) is 54.0 Å². The van der Waals surface area contributed by atoms with E-state index in [1.54, 1.807) is 24.3 Å². The molecule has 1 aromatic carbocycles. The zero-order valence-electron chi connectivity index (χ0n) is 12.3. The second-order valence-corrected chi connectivity index (χ2v) is 4.91. The topological polar surface area (TPSA) is 98.7 Å². The SMILES string of the molecule is CCNC(=O)c1ccc(C2C(=O)NCC(=O)N2CCO)cc1. The Morgan fingerprint density at radius 1 is 1.36 bits per heavy atom. The second kappa shape index (κ2) is 7.04. The van der Waals surface area contributed by atoms with Crippen LogP contribution >= 0.6 is 0 Å². The largest absolute Gasteiger partial charge is 0.395 e. The molecule has 1 aliphatic rings. The maximum atomic E-state index is 12.1. The molecular formula is C15H19N3O4. The van der Waals surface area contributed by atoms with Crippen LogP contribution in [0.2, 0.25) is 0 Å². The van der Waals surface area contributed by atoms with Crippen molar-refractivity contribution in [2.75, 3.05) is 26.2 Å². The van der Waals surface area contributed by atoms with Crippen LogP contribution in [0.5, 0.6) is 0 Å². The molecule has 1 aliphatic heterocycles. The molecule has 0 bridgehead atoms. The molecular weight excluding hydrogens is 286 g/mol. The van der Waals surface area contributed by atoms with Gasteiger partial charge in [-0.3, -0.25) is 14.4 Å². The highest BCUT2D eigenvalue weighted by atomic mass is 16.3. The summed E-state index contributed by atoms with van der Waals surface area (Å²) in [5.41, 5.74) is 1.09. The van der Waals surface area contributed by atoms with E-state index in [1.807, 2.05) is 6.92 Å². The van der Waals surface area contributed by atoms with Crippen molar-refractivity contribution in [3.05, 3.63) is 35.4 Å². The minimum absolute atomic E-state index is 0.0632. The molecule has 7 nitrogen and oxygen atoms in total. The number of nitrogens with zero attached hydrogens (tertiary/aromatic N) is 1. The van der Waals surface area contributed by atoms with Gasteiger partial charge in [0, 0.05) is 18.7 Å². The molecule has 0 saturated carbocycles. The molecule has 22 heavy (non-hydrogen) atoms. The highest BCUT2D eigenvalue weighted by molar-refractivity contribution is 5.96. The Labute approximate surface area is 128 Å². The van der Waals surface area contributed by atoms with Crippen molar-refractivity contribution in [3.63, 3.8) is 0 Å². The Morgan fingerprint density at radius 2 is 2.05 bits per heavy atom. The van der Waals surface area contributed by atoms with E-state index in [0.717, 1.165) is 0 Å². The molecule has 118 valence electrons. The van der Waals surface area contributed by atoms with E-state index in [0.29, 0.717) is 17.7 Å². The Bertz CT molecular complexity index is 571. The van der Waals surface area contributed by atoms with Gasteiger partial charge in [-0.2, -0.15) is 0 Å². The molecule has 1 fully saturated rings. The lowest BCUT2D eigenvalue weighted by molar-refractivity contribution is -0.146. The first kappa shape index (κ1) is 16.0. The van der Waals surface area contributed by atoms with Crippen LogP contribution in [0.25, 0.3) is 0 Å². The fraction of sp³-hybridized carbons (Fsp3) is 0.400. The minimum Gasteiger partial charge on any atom is -0.395 e. The smallest absolute Gasteiger partial charge is 0.251 e. The van der Waals surface area contributed by atoms with E-state index >= 15 is 0 Å². The zero-order valence-corrected chi connectivity index (χ0v) is 12.3. The molecule has 0 spiro atoms. The molecule has 1 heterocycles. The van der Waals surface area contributed by atoms with E-state index in [2.05, 4.69) is 10.6 Å². The van der Waals surface area contributed by atoms with Crippen molar-refractivity contribution >= 4 is 17.7 Å². The Morgan fingerprint density at radius 3 is 2.64 bits per heavy atom. The van der Waals surface area contributed by atoms with E-state index in [-0.39, 0.29) is 37.4 Å². The number of piperazine rings is 1. The van der Waals surface area contributed by atoms with Gasteiger partial charge in [0.1, 0.15) is 6.04 Å². The van der Waals surface area contributed by atoms with Crippen LogP contribution in [0.1, 0.15) is 28.9 Å². The minimum atomic E-state index is -0.781. The average molecular weight is 305 g/mol. The maximum Gasteiger partial charge on any atom is 0.251 e. The monoisotopic (exact) mass is 305 g/mol. The molecule has 7 heteroatoms. The summed E-state index contributed by atoms with van der Waals surface area (Å²) in [6.45, 7) is 2.18. The number of aliphatic hydroxyl groups excluding tert-OH is 1. The van der Waals surface area contributed by atoms with Crippen molar-refractivity contribution in [1.82, 2.24) is 15.5 Å². The number of carbonyl (C=O) groups is 3. The van der Waals surface area contributed by atoms with E-state index in [4.69, 9.17) is 5.11 Å². The quantitative estimate of drug-likeness (QED) is 0.678. The maximum absolute atomic E-state index is 12.1. The summed E-state index contributed by atoms with van der Waals surface area (Å²) in [6, 6.07) is 5.75. The van der Waals surface area contributed by atoms with Crippen LogP contribution in [0.15, 0.2) is 24.3 Å². The van der Waals surface area contributed by atoms with E-state index < -0.39 is 6.04 Å². The number of nitrogens with one attached hydrogen (secondary N) is 2. The fourth-order valence-corrected chi connectivity index (χ4v) is 2.42. The number of rotatable bonds is 5. The lowest BCUT2D eigenvalue weighted by Crippen LogP contribution is -2.54. The van der Waals surface area contributed by atoms with Gasteiger partial charge in [-0.1, -0.05) is 12.1 Å². The Hall–Kier alpha value is -2.41. The predicted octanol–water partition coefficient (Wildman–Crippen LogP) is -0.572. The van der Waals surface area contributed by atoms with Gasteiger partial charge in [0.25, 0.3) is 5.91 Å². The highest BCUT2D eigenvalue weighted by Crippen LogP contribution is 2.24. The number of hydrogen-bond acceptors (Lipinski definition) is 4. The second-order valence-electron chi connectivity index (χ2n) is 4.91. The highest BCUT2D eigenvalue weighted by Gasteiger charge is 2.35. The van der Waals surface area contributed by atoms with Gasteiger partial charge in [0.05, 0.1) is 13.2 Å². The van der Waals surface area contributed by atoms with E-state index in [9.17, 15) is 14.4 Å². The molecule has 0 radical (unpaired) electrons. The van der Waals surface area contributed by atoms with Crippen LogP contribution in [-0.2, 0) is 9.59 Å². The summed E-state index contributed by atoms with van der Waals surface area (Å²) >= 11 is 0. The van der Waals surface area contributed by atoms with Crippen molar-refractivity contribution in [2.24, 2.45) is 0 Å². The first-order chi connectivity index (χ1) is 10.6. The van der Waals surface area contributed by atoms with Crippen LogP contribution < -0.4 is 10.6 Å². The molecule has 3 N–H and O–H groups in total. The molecule has 1 aromatic rings. The number of β-amino-alcohol motifs (C(OH)–C–C–N with tert-alkyl or cyclic N) is 1. The van der Waals surface area contributed by atoms with E-state index in [1.165, 1.54) is 4.90 Å². The lowest BCUT2D eigenvalue weighted by Gasteiger charge is -2.34. The number of aliphatic hydroxyl groups is 1. The average Bonchev–Trinajstić information content (AvgIpc) is 2.52. The van der Waals surface area contributed by atoms with Gasteiger partial charge >= 0.3 is 0 Å². The molecule has 1 saturated heterocycles. The van der Waals surface area contributed by atoms with Crippen LogP contribution in [0.4, 0.5) is 0 Å². The standard InChI is InChI=1S/C15H19N3O4/c1-2-16-14(21)11-5-3-10(4-6-11)13-15(22)17-9-12(20)18(13)7-8-19/h3-6,13,19H,2,7-9H2,1H3,(H,16,21)(H,17,22). The van der Waals surface area contributed by atoms with Crippen LogP contribution in [0, 0.1) is 0 Å². The van der Waals surface area contributed by atoms with Crippen molar-refractivity contribution in [1.29, 1.82) is 0 Å². The van der Waals surface area contributed by atoms with Crippen molar-refractivity contribution in [3.8, 4) is 0 Å². The Kier molecular flexibility index (Phi) is 5.11. The summed E-state index contributed by atoms with van der Waals surface area (Å²) in [6.07, 6.45) is 0. The molecule has 0 aliphatic carbocycles. The number of benzene rings is 1. The molecule has 0 aromatic heterocycles. The normalized spacial score (nSPS) is 18.1. The van der Waals surface area contributed by atoms with Gasteiger partial charge < -0.3 is 20.6 Å².